The first kappa shape index (κ1) is 18.5. The van der Waals surface area contributed by atoms with E-state index >= 15 is 0 Å². The lowest BCUT2D eigenvalue weighted by Gasteiger charge is -2.33. The van der Waals surface area contributed by atoms with Crippen molar-refractivity contribution < 1.29 is 24.2 Å². The summed E-state index contributed by atoms with van der Waals surface area (Å²) >= 11 is 0. The largest absolute Gasteiger partial charge is 0.506 e. The first-order valence-corrected chi connectivity index (χ1v) is 9.48. The van der Waals surface area contributed by atoms with Gasteiger partial charge >= 0.3 is 11.9 Å². The fraction of sp³-hybridized carbons (Fsp3) is 0.600. The van der Waals surface area contributed by atoms with Crippen LogP contribution in [-0.4, -0.2) is 35.8 Å². The van der Waals surface area contributed by atoms with Gasteiger partial charge in [0, 0.05) is 5.92 Å². The molecule has 1 saturated carbocycles. The Labute approximate surface area is 153 Å². The maximum Gasteiger partial charge on any atom is 0.344 e. The monoisotopic (exact) mass is 361 g/mol. The van der Waals surface area contributed by atoms with Crippen LogP contribution in [0.1, 0.15) is 45.4 Å². The summed E-state index contributed by atoms with van der Waals surface area (Å²) in [4.78, 5) is 25.6. The number of carbonyl (C=O) groups excluding carboxylic acids is 2. The van der Waals surface area contributed by atoms with Gasteiger partial charge in [-0.3, -0.25) is 0 Å². The van der Waals surface area contributed by atoms with Crippen molar-refractivity contribution in [3.8, 4) is 5.75 Å². The van der Waals surface area contributed by atoms with Crippen molar-refractivity contribution in [2.45, 2.75) is 51.0 Å². The van der Waals surface area contributed by atoms with Gasteiger partial charge in [0.05, 0.1) is 18.9 Å². The van der Waals surface area contributed by atoms with Crippen molar-refractivity contribution in [3.05, 3.63) is 24.3 Å². The Morgan fingerprint density at radius 1 is 1.31 bits per heavy atom. The molecule has 2 atom stereocenters. The van der Waals surface area contributed by atoms with E-state index < -0.39 is 17.5 Å². The summed E-state index contributed by atoms with van der Waals surface area (Å²) in [6, 6.07) is 6.57. The lowest BCUT2D eigenvalue weighted by Crippen LogP contribution is -2.56. The zero-order chi connectivity index (χ0) is 18.6. The highest BCUT2D eigenvalue weighted by Crippen LogP contribution is 2.41. The SMILES string of the molecule is CCOC(=O)[C@]1(Nc2ccccc2O)C(=O)OC[C@H]1CC1CCCCC1. The molecular weight excluding hydrogens is 334 g/mol. The highest BCUT2D eigenvalue weighted by molar-refractivity contribution is 6.09. The Morgan fingerprint density at radius 2 is 2.04 bits per heavy atom. The lowest BCUT2D eigenvalue weighted by atomic mass is 9.76. The summed E-state index contributed by atoms with van der Waals surface area (Å²) in [5, 5.41) is 13.1. The number of rotatable bonds is 6. The molecule has 0 amide bonds. The first-order chi connectivity index (χ1) is 12.6. The van der Waals surface area contributed by atoms with E-state index in [9.17, 15) is 14.7 Å². The van der Waals surface area contributed by atoms with E-state index in [1.54, 1.807) is 25.1 Å². The molecule has 0 aromatic heterocycles. The van der Waals surface area contributed by atoms with Gasteiger partial charge in [0.15, 0.2) is 0 Å². The lowest BCUT2D eigenvalue weighted by molar-refractivity contribution is -0.157. The number of hydrogen-bond acceptors (Lipinski definition) is 6. The molecule has 6 heteroatoms. The normalized spacial score (nSPS) is 26.3. The van der Waals surface area contributed by atoms with E-state index in [-0.39, 0.29) is 24.9 Å². The second kappa shape index (κ2) is 7.98. The maximum atomic E-state index is 12.9. The van der Waals surface area contributed by atoms with Crippen molar-refractivity contribution in [2.75, 3.05) is 18.5 Å². The smallest absolute Gasteiger partial charge is 0.344 e. The number of ether oxygens (including phenoxy) is 2. The molecule has 1 aromatic carbocycles. The van der Waals surface area contributed by atoms with Crippen LogP contribution in [0.3, 0.4) is 0 Å². The predicted molar refractivity (Wildman–Crippen MR) is 96.7 cm³/mol. The molecule has 0 radical (unpaired) electrons. The van der Waals surface area contributed by atoms with Gasteiger partial charge in [0.2, 0.25) is 5.54 Å². The van der Waals surface area contributed by atoms with E-state index in [4.69, 9.17) is 9.47 Å². The van der Waals surface area contributed by atoms with Crippen LogP contribution in [0.15, 0.2) is 24.3 Å². The molecule has 1 aromatic rings. The molecule has 1 saturated heterocycles. The molecule has 6 nitrogen and oxygen atoms in total. The zero-order valence-electron chi connectivity index (χ0n) is 15.2. The minimum atomic E-state index is -1.60. The minimum absolute atomic E-state index is 0.0210. The van der Waals surface area contributed by atoms with E-state index in [0.717, 1.165) is 19.3 Å². The van der Waals surface area contributed by atoms with Gasteiger partial charge in [-0.05, 0) is 31.4 Å². The fourth-order valence-corrected chi connectivity index (χ4v) is 4.14. The summed E-state index contributed by atoms with van der Waals surface area (Å²) in [6.45, 7) is 2.07. The van der Waals surface area contributed by atoms with Gasteiger partial charge < -0.3 is 19.9 Å². The van der Waals surface area contributed by atoms with Crippen LogP contribution in [0.4, 0.5) is 5.69 Å². The maximum absolute atomic E-state index is 12.9. The molecule has 0 unspecified atom stereocenters. The van der Waals surface area contributed by atoms with Crippen LogP contribution in [-0.2, 0) is 19.1 Å². The van der Waals surface area contributed by atoms with Crippen molar-refractivity contribution in [2.24, 2.45) is 11.8 Å². The number of benzene rings is 1. The summed E-state index contributed by atoms with van der Waals surface area (Å²) in [6.07, 6.45) is 6.57. The predicted octanol–water partition coefficient (Wildman–Crippen LogP) is 3.25. The van der Waals surface area contributed by atoms with Crippen molar-refractivity contribution in [1.82, 2.24) is 0 Å². The third-order valence-corrected chi connectivity index (χ3v) is 5.53. The van der Waals surface area contributed by atoms with Gasteiger partial charge in [-0.2, -0.15) is 0 Å². The Hall–Kier alpha value is -2.24. The Balaban J connectivity index is 1.92. The topological polar surface area (TPSA) is 84.9 Å². The van der Waals surface area contributed by atoms with Gasteiger partial charge in [0.1, 0.15) is 5.75 Å². The average Bonchev–Trinajstić information content (AvgIpc) is 2.95. The summed E-state index contributed by atoms with van der Waals surface area (Å²) in [5.74, 6) is -1.13. The molecule has 1 heterocycles. The van der Waals surface area contributed by atoms with E-state index in [1.807, 2.05) is 0 Å². The molecule has 26 heavy (non-hydrogen) atoms. The van der Waals surface area contributed by atoms with Crippen LogP contribution in [0, 0.1) is 11.8 Å². The summed E-state index contributed by atoms with van der Waals surface area (Å²) in [7, 11) is 0. The number of anilines is 1. The third kappa shape index (κ3) is 3.50. The second-order valence-corrected chi connectivity index (χ2v) is 7.21. The zero-order valence-corrected chi connectivity index (χ0v) is 15.2. The van der Waals surface area contributed by atoms with Crippen molar-refractivity contribution in [1.29, 1.82) is 0 Å². The molecule has 1 aliphatic heterocycles. The highest BCUT2D eigenvalue weighted by atomic mass is 16.6. The van der Waals surface area contributed by atoms with E-state index in [1.165, 1.54) is 25.3 Å². The molecule has 0 spiro atoms. The van der Waals surface area contributed by atoms with E-state index in [2.05, 4.69) is 5.32 Å². The second-order valence-electron chi connectivity index (χ2n) is 7.21. The highest BCUT2D eigenvalue weighted by Gasteiger charge is 2.60. The van der Waals surface area contributed by atoms with Crippen LogP contribution in [0.2, 0.25) is 0 Å². The number of hydrogen-bond donors (Lipinski definition) is 2. The Kier molecular flexibility index (Phi) is 5.69. The van der Waals surface area contributed by atoms with Crippen molar-refractivity contribution in [3.63, 3.8) is 0 Å². The van der Waals surface area contributed by atoms with Crippen molar-refractivity contribution >= 4 is 17.6 Å². The molecule has 1 aliphatic carbocycles. The van der Waals surface area contributed by atoms with Gasteiger partial charge in [-0.25, -0.2) is 9.59 Å². The fourth-order valence-electron chi connectivity index (χ4n) is 4.14. The Morgan fingerprint density at radius 3 is 2.73 bits per heavy atom. The number of cyclic esters (lactones) is 1. The van der Waals surface area contributed by atoms with Crippen LogP contribution < -0.4 is 5.32 Å². The minimum Gasteiger partial charge on any atom is -0.506 e. The van der Waals surface area contributed by atoms with Gasteiger partial charge in [-0.15, -0.1) is 0 Å². The Bertz CT molecular complexity index is 655. The third-order valence-electron chi connectivity index (χ3n) is 5.53. The molecule has 0 bridgehead atoms. The molecular formula is C20H27NO5. The quantitative estimate of drug-likeness (QED) is 0.460. The van der Waals surface area contributed by atoms with Gasteiger partial charge in [0.25, 0.3) is 0 Å². The number of para-hydroxylation sites is 2. The van der Waals surface area contributed by atoms with Crippen LogP contribution in [0.25, 0.3) is 0 Å². The number of phenols is 1. The standard InChI is InChI=1S/C20H27NO5/c1-2-25-18(23)20(21-16-10-6-7-11-17(16)22)15(13-26-19(20)24)12-14-8-4-3-5-9-14/h6-7,10-11,14-15,21-22H,2-5,8-9,12-13H2,1H3/t15-,20+/m1/s1. The van der Waals surface area contributed by atoms with Crippen LogP contribution >= 0.6 is 0 Å². The number of nitrogens with one attached hydrogen (secondary N) is 1. The molecule has 2 fully saturated rings. The number of phenolic OH excluding ortho intramolecular Hbond substituents is 1. The molecule has 2 aliphatic rings. The van der Waals surface area contributed by atoms with E-state index in [0.29, 0.717) is 11.6 Å². The molecule has 3 rings (SSSR count). The number of esters is 2. The number of aromatic hydroxyl groups is 1. The average molecular weight is 361 g/mol. The summed E-state index contributed by atoms with van der Waals surface area (Å²) < 4.78 is 10.6. The summed E-state index contributed by atoms with van der Waals surface area (Å²) in [5.41, 5.74) is -1.28. The number of carbonyl (C=O) groups is 2. The first-order valence-electron chi connectivity index (χ1n) is 9.48. The molecule has 142 valence electrons. The van der Waals surface area contributed by atoms with Gasteiger partial charge in [-0.1, -0.05) is 44.2 Å². The molecule has 2 N–H and O–H groups in total. The van der Waals surface area contributed by atoms with Crippen LogP contribution in [0.5, 0.6) is 5.75 Å².